The predicted octanol–water partition coefficient (Wildman–Crippen LogP) is 3.66. The van der Waals surface area contributed by atoms with Crippen molar-refractivity contribution in [2.45, 2.75) is 0 Å². The van der Waals surface area contributed by atoms with Crippen LogP contribution in [0.15, 0.2) is 59.1 Å². The van der Waals surface area contributed by atoms with Crippen LogP contribution >= 0.6 is 0 Å². The molecule has 0 aliphatic carbocycles. The van der Waals surface area contributed by atoms with Crippen LogP contribution in [0.25, 0.3) is 11.3 Å². The van der Waals surface area contributed by atoms with Gasteiger partial charge in [-0.15, -0.1) is 0 Å². The standard InChI is InChI=1S/C17H11N3O3/c18-9-11-4-6-14(7-5-11)20-17-19-10-15(23-17)12-2-1-3-13(8-12)16(21)22/h1-8,10H,(H,19,20)(H,21,22). The Hall–Kier alpha value is -3.59. The van der Waals surface area contributed by atoms with E-state index in [1.165, 1.54) is 18.3 Å². The van der Waals surface area contributed by atoms with Gasteiger partial charge in [-0.05, 0) is 36.4 Å². The van der Waals surface area contributed by atoms with E-state index < -0.39 is 5.97 Å². The number of benzene rings is 2. The maximum absolute atomic E-state index is 11.0. The summed E-state index contributed by atoms with van der Waals surface area (Å²) >= 11 is 0. The molecule has 0 unspecified atom stereocenters. The van der Waals surface area contributed by atoms with E-state index >= 15 is 0 Å². The van der Waals surface area contributed by atoms with Gasteiger partial charge in [0.15, 0.2) is 5.76 Å². The molecule has 23 heavy (non-hydrogen) atoms. The lowest BCUT2D eigenvalue weighted by molar-refractivity contribution is 0.0697. The van der Waals surface area contributed by atoms with Crippen LogP contribution < -0.4 is 5.32 Å². The lowest BCUT2D eigenvalue weighted by Gasteiger charge is -2.01. The quantitative estimate of drug-likeness (QED) is 0.763. The molecule has 0 spiro atoms. The molecule has 2 N–H and O–H groups in total. The Bertz CT molecular complexity index is 892. The van der Waals surface area contributed by atoms with Crippen molar-refractivity contribution in [1.29, 1.82) is 5.26 Å². The van der Waals surface area contributed by atoms with Crippen molar-refractivity contribution in [3.8, 4) is 17.4 Å². The average molecular weight is 305 g/mol. The Morgan fingerprint density at radius 1 is 1.22 bits per heavy atom. The van der Waals surface area contributed by atoms with Crippen LogP contribution in [0.3, 0.4) is 0 Å². The Morgan fingerprint density at radius 3 is 2.70 bits per heavy atom. The highest BCUT2D eigenvalue weighted by atomic mass is 16.4. The fourth-order valence-electron chi connectivity index (χ4n) is 2.02. The minimum atomic E-state index is -0.998. The average Bonchev–Trinajstić information content (AvgIpc) is 3.04. The molecule has 0 radical (unpaired) electrons. The first-order valence-corrected chi connectivity index (χ1v) is 6.72. The number of aromatic carboxylic acids is 1. The topological polar surface area (TPSA) is 99.2 Å². The normalized spacial score (nSPS) is 10.0. The number of carboxylic acid groups (broad SMARTS) is 1. The Kier molecular flexibility index (Phi) is 3.77. The zero-order valence-electron chi connectivity index (χ0n) is 11.9. The Balaban J connectivity index is 1.81. The number of nitrogens with zero attached hydrogens (tertiary/aromatic N) is 2. The van der Waals surface area contributed by atoms with Crippen LogP contribution in [0, 0.1) is 11.3 Å². The van der Waals surface area contributed by atoms with Gasteiger partial charge in [-0.3, -0.25) is 0 Å². The van der Waals surface area contributed by atoms with E-state index in [-0.39, 0.29) is 11.6 Å². The van der Waals surface area contributed by atoms with Crippen LogP contribution in [0.5, 0.6) is 0 Å². The molecule has 0 bridgehead atoms. The van der Waals surface area contributed by atoms with E-state index in [1.54, 1.807) is 36.4 Å². The molecule has 0 saturated carbocycles. The van der Waals surface area contributed by atoms with Gasteiger partial charge in [-0.25, -0.2) is 9.78 Å². The number of nitriles is 1. The maximum Gasteiger partial charge on any atom is 0.335 e. The Labute approximate surface area is 131 Å². The number of hydrogen-bond acceptors (Lipinski definition) is 5. The maximum atomic E-state index is 11.0. The Morgan fingerprint density at radius 2 is 2.00 bits per heavy atom. The summed E-state index contributed by atoms with van der Waals surface area (Å²) in [5.41, 5.74) is 2.11. The van der Waals surface area contributed by atoms with Crippen molar-refractivity contribution in [3.05, 3.63) is 65.9 Å². The SMILES string of the molecule is N#Cc1ccc(Nc2ncc(-c3cccc(C(=O)O)c3)o2)cc1. The molecule has 1 heterocycles. The summed E-state index contributed by atoms with van der Waals surface area (Å²) in [6.07, 6.45) is 1.52. The van der Waals surface area contributed by atoms with Crippen LogP contribution in [0.1, 0.15) is 15.9 Å². The minimum Gasteiger partial charge on any atom is -0.478 e. The lowest BCUT2D eigenvalue weighted by Crippen LogP contribution is -1.95. The summed E-state index contributed by atoms with van der Waals surface area (Å²) in [5, 5.41) is 20.8. The summed E-state index contributed by atoms with van der Waals surface area (Å²) in [6.45, 7) is 0. The minimum absolute atomic E-state index is 0.181. The van der Waals surface area contributed by atoms with Gasteiger partial charge in [-0.1, -0.05) is 12.1 Å². The highest BCUT2D eigenvalue weighted by Gasteiger charge is 2.09. The summed E-state index contributed by atoms with van der Waals surface area (Å²) in [7, 11) is 0. The summed E-state index contributed by atoms with van der Waals surface area (Å²) in [4.78, 5) is 15.1. The monoisotopic (exact) mass is 305 g/mol. The number of hydrogen-bond donors (Lipinski definition) is 2. The van der Waals surface area contributed by atoms with Crippen molar-refractivity contribution in [3.63, 3.8) is 0 Å². The zero-order chi connectivity index (χ0) is 16.2. The van der Waals surface area contributed by atoms with E-state index in [0.29, 0.717) is 16.9 Å². The second-order valence-electron chi connectivity index (χ2n) is 4.73. The van der Waals surface area contributed by atoms with Gasteiger partial charge in [-0.2, -0.15) is 5.26 Å². The van der Waals surface area contributed by atoms with Crippen molar-refractivity contribution in [1.82, 2.24) is 4.98 Å². The number of aromatic nitrogens is 1. The third-order valence-corrected chi connectivity index (χ3v) is 3.16. The molecule has 2 aromatic carbocycles. The molecular weight excluding hydrogens is 294 g/mol. The van der Waals surface area contributed by atoms with E-state index in [1.807, 2.05) is 6.07 Å². The molecule has 0 saturated heterocycles. The number of carboxylic acids is 1. The summed E-state index contributed by atoms with van der Waals surface area (Å²) in [6, 6.07) is 15.6. The third-order valence-electron chi connectivity index (χ3n) is 3.16. The smallest absolute Gasteiger partial charge is 0.335 e. The molecular formula is C17H11N3O3. The van der Waals surface area contributed by atoms with Crippen molar-refractivity contribution in [2.75, 3.05) is 5.32 Å². The molecule has 0 fully saturated rings. The number of anilines is 2. The fraction of sp³-hybridized carbons (Fsp3) is 0. The highest BCUT2D eigenvalue weighted by molar-refractivity contribution is 5.89. The lowest BCUT2D eigenvalue weighted by atomic mass is 10.1. The largest absolute Gasteiger partial charge is 0.478 e. The van der Waals surface area contributed by atoms with Gasteiger partial charge in [0.1, 0.15) is 0 Å². The highest BCUT2D eigenvalue weighted by Crippen LogP contribution is 2.25. The van der Waals surface area contributed by atoms with Gasteiger partial charge in [0.2, 0.25) is 0 Å². The molecule has 3 rings (SSSR count). The number of carbonyl (C=O) groups is 1. The van der Waals surface area contributed by atoms with Crippen molar-refractivity contribution in [2.24, 2.45) is 0 Å². The van der Waals surface area contributed by atoms with E-state index in [9.17, 15) is 4.79 Å². The van der Waals surface area contributed by atoms with Gasteiger partial charge in [0, 0.05) is 11.3 Å². The second-order valence-corrected chi connectivity index (χ2v) is 4.73. The van der Waals surface area contributed by atoms with Gasteiger partial charge < -0.3 is 14.8 Å². The van der Waals surface area contributed by atoms with Crippen LogP contribution in [0.4, 0.5) is 11.7 Å². The third kappa shape index (κ3) is 3.19. The van der Waals surface area contributed by atoms with Gasteiger partial charge in [0.25, 0.3) is 6.01 Å². The molecule has 6 nitrogen and oxygen atoms in total. The summed E-state index contributed by atoms with van der Waals surface area (Å²) in [5.74, 6) is -0.536. The summed E-state index contributed by atoms with van der Waals surface area (Å²) < 4.78 is 5.58. The fourth-order valence-corrected chi connectivity index (χ4v) is 2.02. The number of oxazole rings is 1. The van der Waals surface area contributed by atoms with E-state index in [0.717, 1.165) is 5.69 Å². The van der Waals surface area contributed by atoms with Gasteiger partial charge >= 0.3 is 5.97 Å². The second kappa shape index (κ2) is 6.03. The van der Waals surface area contributed by atoms with Crippen LogP contribution in [-0.2, 0) is 0 Å². The first-order valence-electron chi connectivity index (χ1n) is 6.72. The number of nitrogens with one attached hydrogen (secondary N) is 1. The first-order chi connectivity index (χ1) is 11.2. The molecule has 0 aliphatic rings. The molecule has 112 valence electrons. The molecule has 0 amide bonds. The molecule has 6 heteroatoms. The molecule has 0 aliphatic heterocycles. The van der Waals surface area contributed by atoms with Crippen molar-refractivity contribution < 1.29 is 14.3 Å². The zero-order valence-corrected chi connectivity index (χ0v) is 11.9. The predicted molar refractivity (Wildman–Crippen MR) is 83.3 cm³/mol. The van der Waals surface area contributed by atoms with E-state index in [4.69, 9.17) is 14.8 Å². The molecule has 0 atom stereocenters. The van der Waals surface area contributed by atoms with Crippen LogP contribution in [0.2, 0.25) is 0 Å². The van der Waals surface area contributed by atoms with Gasteiger partial charge in [0.05, 0.1) is 23.4 Å². The first kappa shape index (κ1) is 14.4. The number of rotatable bonds is 4. The van der Waals surface area contributed by atoms with Crippen LogP contribution in [-0.4, -0.2) is 16.1 Å². The van der Waals surface area contributed by atoms with E-state index in [2.05, 4.69) is 10.3 Å². The van der Waals surface area contributed by atoms with Crippen molar-refractivity contribution >= 4 is 17.7 Å². The molecule has 3 aromatic rings. The molecule has 1 aromatic heterocycles.